The number of hydrogen-bond donors (Lipinski definition) is 0. The summed E-state index contributed by atoms with van der Waals surface area (Å²) in [5.41, 5.74) is 1.69. The molecule has 0 aliphatic carbocycles. The van der Waals surface area contributed by atoms with E-state index in [1.807, 2.05) is 19.1 Å². The Bertz CT molecular complexity index is 1640. The lowest BCUT2D eigenvalue weighted by Crippen LogP contribution is -2.39. The zero-order valence-corrected chi connectivity index (χ0v) is 16.7. The molecule has 5 rings (SSSR count). The van der Waals surface area contributed by atoms with E-state index in [1.54, 1.807) is 60.8 Å². The number of para-hydroxylation sites is 2. The highest BCUT2D eigenvalue weighted by molar-refractivity contribution is 5.78. The minimum absolute atomic E-state index is 0.0616. The van der Waals surface area contributed by atoms with Gasteiger partial charge in [-0.05, 0) is 42.8 Å². The molecule has 152 valence electrons. The summed E-state index contributed by atoms with van der Waals surface area (Å²) in [7, 11) is 0. The first kappa shape index (κ1) is 18.7. The number of pyridine rings is 1. The smallest absolute Gasteiger partial charge is 0.287 e. The molecule has 31 heavy (non-hydrogen) atoms. The molecule has 0 fully saturated rings. The van der Waals surface area contributed by atoms with Gasteiger partial charge in [-0.1, -0.05) is 36.4 Å². The highest BCUT2D eigenvalue weighted by Gasteiger charge is 2.16. The van der Waals surface area contributed by atoms with Crippen LogP contribution in [0.15, 0.2) is 93.4 Å². The predicted octanol–water partition coefficient (Wildman–Crippen LogP) is 2.52. The molecule has 0 amide bonds. The molecule has 2 aromatic carbocycles. The predicted molar refractivity (Wildman–Crippen MR) is 119 cm³/mol. The highest BCUT2D eigenvalue weighted by atomic mass is 16.2. The van der Waals surface area contributed by atoms with Gasteiger partial charge in [0.05, 0.1) is 28.8 Å². The van der Waals surface area contributed by atoms with E-state index >= 15 is 0 Å². The van der Waals surface area contributed by atoms with Crippen molar-refractivity contribution in [1.82, 2.24) is 18.5 Å². The van der Waals surface area contributed by atoms with Crippen molar-refractivity contribution in [2.45, 2.75) is 13.5 Å². The van der Waals surface area contributed by atoms with Gasteiger partial charge in [0.15, 0.2) is 0 Å². The van der Waals surface area contributed by atoms with Crippen molar-refractivity contribution in [3.63, 3.8) is 0 Å². The molecular formula is C24H18N4O3. The molecule has 0 atom stereocenters. The molecule has 3 heterocycles. The number of rotatable bonds is 3. The van der Waals surface area contributed by atoms with Crippen molar-refractivity contribution >= 4 is 16.6 Å². The minimum atomic E-state index is -0.479. The van der Waals surface area contributed by atoms with Gasteiger partial charge in [-0.2, -0.15) is 0 Å². The van der Waals surface area contributed by atoms with Gasteiger partial charge < -0.3 is 0 Å². The first-order valence-corrected chi connectivity index (χ1v) is 9.82. The standard InChI is InChI=1S/C24H18N4O3/c1-16-8-2-4-10-19(16)28-23(30)18-9-3-5-11-20(18)27(24(28)31)15-17-14-22(29)26-13-7-6-12-21(26)25-17/h2-14H,15H2,1H3. The SMILES string of the molecule is Cc1ccccc1-n1c(=O)c2ccccc2n(Cc2cc(=O)n3ccccc3n2)c1=O. The molecule has 3 aromatic heterocycles. The number of aryl methyl sites for hydroxylation is 1. The average Bonchev–Trinajstić information content (AvgIpc) is 2.78. The van der Waals surface area contributed by atoms with Crippen LogP contribution in [0.1, 0.15) is 11.3 Å². The molecule has 0 bridgehead atoms. The fourth-order valence-corrected chi connectivity index (χ4v) is 3.85. The molecule has 0 saturated heterocycles. The fraction of sp³-hybridized carbons (Fsp3) is 0.0833. The van der Waals surface area contributed by atoms with Crippen LogP contribution in [-0.4, -0.2) is 18.5 Å². The lowest BCUT2D eigenvalue weighted by Gasteiger charge is -2.15. The van der Waals surface area contributed by atoms with Crippen LogP contribution in [0.25, 0.3) is 22.2 Å². The molecular weight excluding hydrogens is 392 g/mol. The van der Waals surface area contributed by atoms with Gasteiger partial charge in [-0.3, -0.25) is 18.6 Å². The minimum Gasteiger partial charge on any atom is -0.287 e. The zero-order chi connectivity index (χ0) is 21.5. The van der Waals surface area contributed by atoms with Crippen LogP contribution in [-0.2, 0) is 6.54 Å². The highest BCUT2D eigenvalue weighted by Crippen LogP contribution is 2.14. The Morgan fingerprint density at radius 3 is 2.45 bits per heavy atom. The van der Waals surface area contributed by atoms with Crippen LogP contribution >= 0.6 is 0 Å². The molecule has 0 spiro atoms. The number of fused-ring (bicyclic) bond motifs is 2. The van der Waals surface area contributed by atoms with E-state index in [0.29, 0.717) is 27.9 Å². The first-order valence-electron chi connectivity index (χ1n) is 9.82. The molecule has 5 aromatic rings. The normalized spacial score (nSPS) is 11.3. The largest absolute Gasteiger partial charge is 0.336 e. The molecule has 0 unspecified atom stereocenters. The maximum Gasteiger partial charge on any atom is 0.336 e. The number of nitrogens with zero attached hydrogens (tertiary/aromatic N) is 4. The van der Waals surface area contributed by atoms with E-state index in [9.17, 15) is 14.4 Å². The van der Waals surface area contributed by atoms with Gasteiger partial charge in [0.25, 0.3) is 11.1 Å². The Hall–Kier alpha value is -4.26. The molecule has 7 heteroatoms. The Morgan fingerprint density at radius 1 is 0.871 bits per heavy atom. The summed E-state index contributed by atoms with van der Waals surface area (Å²) in [6.07, 6.45) is 1.65. The van der Waals surface area contributed by atoms with Crippen LogP contribution in [0.4, 0.5) is 0 Å². The monoisotopic (exact) mass is 410 g/mol. The van der Waals surface area contributed by atoms with E-state index in [1.165, 1.54) is 19.6 Å². The number of hydrogen-bond acceptors (Lipinski definition) is 4. The van der Waals surface area contributed by atoms with Gasteiger partial charge in [-0.15, -0.1) is 0 Å². The van der Waals surface area contributed by atoms with Crippen LogP contribution in [0.2, 0.25) is 0 Å². The Balaban J connectivity index is 1.80. The van der Waals surface area contributed by atoms with Crippen LogP contribution in [0.3, 0.4) is 0 Å². The van der Waals surface area contributed by atoms with Crippen molar-refractivity contribution in [2.75, 3.05) is 0 Å². The Morgan fingerprint density at radius 2 is 1.61 bits per heavy atom. The third kappa shape index (κ3) is 3.07. The number of benzene rings is 2. The van der Waals surface area contributed by atoms with Gasteiger partial charge >= 0.3 is 5.69 Å². The quantitative estimate of drug-likeness (QED) is 0.458. The van der Waals surface area contributed by atoms with Crippen molar-refractivity contribution in [3.8, 4) is 5.69 Å². The second kappa shape index (κ2) is 7.21. The van der Waals surface area contributed by atoms with Gasteiger partial charge in [0.1, 0.15) is 5.65 Å². The molecule has 0 radical (unpaired) electrons. The molecule has 0 saturated carbocycles. The number of aromatic nitrogens is 4. The zero-order valence-electron chi connectivity index (χ0n) is 16.7. The van der Waals surface area contributed by atoms with Crippen molar-refractivity contribution in [3.05, 3.63) is 121 Å². The summed E-state index contributed by atoms with van der Waals surface area (Å²) in [5, 5.41) is 0.419. The van der Waals surface area contributed by atoms with Gasteiger partial charge in [0.2, 0.25) is 0 Å². The fourth-order valence-electron chi connectivity index (χ4n) is 3.85. The summed E-state index contributed by atoms with van der Waals surface area (Å²) in [6, 6.07) is 20.9. The summed E-state index contributed by atoms with van der Waals surface area (Å²) in [5.74, 6) is 0. The summed E-state index contributed by atoms with van der Waals surface area (Å²) >= 11 is 0. The first-order chi connectivity index (χ1) is 15.0. The third-order valence-corrected chi connectivity index (χ3v) is 5.35. The Labute approximate surface area is 176 Å². The molecule has 0 aliphatic rings. The van der Waals surface area contributed by atoms with Gasteiger partial charge in [0, 0.05) is 12.3 Å². The molecule has 0 N–H and O–H groups in total. The maximum absolute atomic E-state index is 13.5. The van der Waals surface area contributed by atoms with Gasteiger partial charge in [-0.25, -0.2) is 14.3 Å². The van der Waals surface area contributed by atoms with Crippen LogP contribution in [0, 0.1) is 6.92 Å². The average molecular weight is 410 g/mol. The van der Waals surface area contributed by atoms with Crippen LogP contribution in [0.5, 0.6) is 0 Å². The molecule has 7 nitrogen and oxygen atoms in total. The maximum atomic E-state index is 13.5. The lowest BCUT2D eigenvalue weighted by molar-refractivity contribution is 0.699. The van der Waals surface area contributed by atoms with Crippen molar-refractivity contribution in [2.24, 2.45) is 0 Å². The Kier molecular flexibility index (Phi) is 4.36. The van der Waals surface area contributed by atoms with E-state index < -0.39 is 5.69 Å². The second-order valence-corrected chi connectivity index (χ2v) is 7.33. The third-order valence-electron chi connectivity index (χ3n) is 5.35. The van der Waals surface area contributed by atoms with E-state index in [0.717, 1.165) is 5.56 Å². The topological polar surface area (TPSA) is 78.4 Å². The summed E-state index contributed by atoms with van der Waals surface area (Å²) in [6.45, 7) is 1.92. The molecule has 0 aliphatic heterocycles. The van der Waals surface area contributed by atoms with E-state index in [2.05, 4.69) is 4.98 Å². The van der Waals surface area contributed by atoms with Crippen molar-refractivity contribution < 1.29 is 0 Å². The summed E-state index contributed by atoms with van der Waals surface area (Å²) in [4.78, 5) is 43.8. The summed E-state index contributed by atoms with van der Waals surface area (Å²) < 4.78 is 4.12. The second-order valence-electron chi connectivity index (χ2n) is 7.33. The van der Waals surface area contributed by atoms with E-state index in [4.69, 9.17) is 0 Å². The van der Waals surface area contributed by atoms with Crippen molar-refractivity contribution in [1.29, 1.82) is 0 Å². The van der Waals surface area contributed by atoms with Crippen LogP contribution < -0.4 is 16.8 Å². The van der Waals surface area contributed by atoms with E-state index in [-0.39, 0.29) is 17.7 Å². The lowest BCUT2D eigenvalue weighted by atomic mass is 10.2.